The summed E-state index contributed by atoms with van der Waals surface area (Å²) in [5.41, 5.74) is 0.910. The van der Waals surface area contributed by atoms with Gasteiger partial charge in [0.25, 0.3) is 0 Å². The quantitative estimate of drug-likeness (QED) is 0.790. The Morgan fingerprint density at radius 1 is 1.33 bits per heavy atom. The van der Waals surface area contributed by atoms with Crippen molar-refractivity contribution in [3.05, 3.63) is 12.0 Å². The molecule has 0 spiro atoms. The largest absolute Gasteiger partial charge is 0.450 e. The van der Waals surface area contributed by atoms with Crippen molar-refractivity contribution >= 4 is 0 Å². The lowest BCUT2D eigenvalue weighted by atomic mass is 10.0. The van der Waals surface area contributed by atoms with Gasteiger partial charge in [0.05, 0.1) is 12.3 Å². The summed E-state index contributed by atoms with van der Waals surface area (Å²) >= 11 is 0. The van der Waals surface area contributed by atoms with Gasteiger partial charge in [-0.3, -0.25) is 0 Å². The van der Waals surface area contributed by atoms with Crippen LogP contribution in [-0.2, 0) is 6.54 Å². The molecule has 1 aromatic rings. The third-order valence-corrected chi connectivity index (χ3v) is 3.50. The van der Waals surface area contributed by atoms with Gasteiger partial charge in [0.2, 0.25) is 0 Å². The molecule has 0 saturated heterocycles. The molecule has 1 heterocycles. The molecule has 0 amide bonds. The Hall–Kier alpha value is -1.03. The zero-order valence-electron chi connectivity index (χ0n) is 11.3. The molecule has 1 aliphatic rings. The first-order chi connectivity index (χ1) is 8.88. The molecule has 1 fully saturated rings. The molecule has 4 nitrogen and oxygen atoms in total. The number of oxazole rings is 1. The molecule has 1 N–H and O–H groups in total. The van der Waals surface area contributed by atoms with E-state index in [1.807, 2.05) is 0 Å². The van der Waals surface area contributed by atoms with Gasteiger partial charge in [0.15, 0.2) is 0 Å². The van der Waals surface area contributed by atoms with Gasteiger partial charge in [-0.1, -0.05) is 32.6 Å². The van der Waals surface area contributed by atoms with Crippen molar-refractivity contribution in [2.45, 2.75) is 52.0 Å². The Morgan fingerprint density at radius 2 is 2.11 bits per heavy atom. The first kappa shape index (κ1) is 13.4. The molecule has 1 aliphatic carbocycles. The first-order valence-electron chi connectivity index (χ1n) is 7.16. The molecule has 2 rings (SSSR count). The third-order valence-electron chi connectivity index (χ3n) is 3.50. The van der Waals surface area contributed by atoms with Crippen LogP contribution in [0.4, 0.5) is 0 Å². The van der Waals surface area contributed by atoms with E-state index in [0.717, 1.165) is 25.4 Å². The summed E-state index contributed by atoms with van der Waals surface area (Å²) in [5.74, 6) is 0.677. The highest BCUT2D eigenvalue weighted by atomic mass is 16.6. The number of nitrogens with one attached hydrogen (secondary N) is 1. The van der Waals surface area contributed by atoms with E-state index in [2.05, 4.69) is 17.2 Å². The van der Waals surface area contributed by atoms with E-state index in [0.29, 0.717) is 12.0 Å². The highest BCUT2D eigenvalue weighted by Crippen LogP contribution is 2.23. The van der Waals surface area contributed by atoms with Gasteiger partial charge < -0.3 is 14.5 Å². The smallest absolute Gasteiger partial charge is 0.393 e. The number of ether oxygens (including phenoxy) is 1. The maximum atomic E-state index is 5.66. The van der Waals surface area contributed by atoms with Crippen molar-refractivity contribution in [3.63, 3.8) is 0 Å². The summed E-state index contributed by atoms with van der Waals surface area (Å²) in [5, 5.41) is 3.21. The predicted octanol–water partition coefficient (Wildman–Crippen LogP) is 3.13. The number of nitrogens with zero attached hydrogens (tertiary/aromatic N) is 1. The third kappa shape index (κ3) is 4.33. The van der Waals surface area contributed by atoms with Crippen molar-refractivity contribution < 1.29 is 9.15 Å². The Balaban J connectivity index is 1.73. The zero-order chi connectivity index (χ0) is 12.6. The standard InChI is InChI=1S/C14H24N2O2/c1-2-15-9-13-11-18-14(16-13)17-10-12-7-5-3-4-6-8-12/h11-12,15H,2-10H2,1H3. The lowest BCUT2D eigenvalue weighted by molar-refractivity contribution is 0.179. The molecule has 0 aliphatic heterocycles. The molecule has 1 saturated carbocycles. The minimum Gasteiger partial charge on any atom is -0.450 e. The van der Waals surface area contributed by atoms with E-state index >= 15 is 0 Å². The van der Waals surface area contributed by atoms with Crippen molar-refractivity contribution in [3.8, 4) is 6.08 Å². The highest BCUT2D eigenvalue weighted by molar-refractivity contribution is 4.99. The van der Waals surface area contributed by atoms with Crippen LogP contribution in [0.15, 0.2) is 10.7 Å². The van der Waals surface area contributed by atoms with Crippen molar-refractivity contribution in [1.82, 2.24) is 10.3 Å². The number of hydrogen-bond donors (Lipinski definition) is 1. The molecule has 4 heteroatoms. The van der Waals surface area contributed by atoms with Gasteiger partial charge in [0, 0.05) is 6.54 Å². The summed E-state index contributed by atoms with van der Waals surface area (Å²) in [7, 11) is 0. The summed E-state index contributed by atoms with van der Waals surface area (Å²) in [6, 6.07) is 0. The fourth-order valence-electron chi connectivity index (χ4n) is 2.41. The van der Waals surface area contributed by atoms with Crippen molar-refractivity contribution in [2.24, 2.45) is 5.92 Å². The van der Waals surface area contributed by atoms with E-state index in [1.54, 1.807) is 6.26 Å². The topological polar surface area (TPSA) is 47.3 Å². The minimum absolute atomic E-state index is 0.423. The lowest BCUT2D eigenvalue weighted by Crippen LogP contribution is -2.13. The Labute approximate surface area is 109 Å². The van der Waals surface area contributed by atoms with Crippen molar-refractivity contribution in [2.75, 3.05) is 13.2 Å². The van der Waals surface area contributed by atoms with E-state index in [4.69, 9.17) is 9.15 Å². The average molecular weight is 252 g/mol. The monoisotopic (exact) mass is 252 g/mol. The molecular formula is C14H24N2O2. The van der Waals surface area contributed by atoms with E-state index < -0.39 is 0 Å². The molecule has 18 heavy (non-hydrogen) atoms. The molecular weight excluding hydrogens is 228 g/mol. The SMILES string of the molecule is CCNCc1coc(OCC2CCCCCC2)n1. The van der Waals surface area contributed by atoms with Crippen LogP contribution in [0.3, 0.4) is 0 Å². The van der Waals surface area contributed by atoms with E-state index in [1.165, 1.54) is 38.5 Å². The second-order valence-corrected chi connectivity index (χ2v) is 5.05. The van der Waals surface area contributed by atoms with Crippen LogP contribution in [0, 0.1) is 5.92 Å². The van der Waals surface area contributed by atoms with Crippen LogP contribution < -0.4 is 10.1 Å². The average Bonchev–Trinajstić information content (AvgIpc) is 2.68. The number of hydrogen-bond acceptors (Lipinski definition) is 4. The normalized spacial score (nSPS) is 17.6. The summed E-state index contributed by atoms with van der Waals surface area (Å²) in [4.78, 5) is 4.30. The Bertz CT molecular complexity index is 330. The fraction of sp³-hybridized carbons (Fsp3) is 0.786. The molecule has 0 atom stereocenters. The van der Waals surface area contributed by atoms with E-state index in [-0.39, 0.29) is 0 Å². The summed E-state index contributed by atoms with van der Waals surface area (Å²) in [6.45, 7) is 4.50. The number of aromatic nitrogens is 1. The van der Waals surface area contributed by atoms with Crippen LogP contribution in [-0.4, -0.2) is 18.1 Å². The molecule has 0 aromatic carbocycles. The van der Waals surface area contributed by atoms with Crippen molar-refractivity contribution in [1.29, 1.82) is 0 Å². The van der Waals surface area contributed by atoms with E-state index in [9.17, 15) is 0 Å². The fourth-order valence-corrected chi connectivity index (χ4v) is 2.41. The summed E-state index contributed by atoms with van der Waals surface area (Å²) in [6.07, 6.45) is 10.1. The van der Waals surface area contributed by atoms with Crippen LogP contribution in [0.2, 0.25) is 0 Å². The molecule has 0 radical (unpaired) electrons. The first-order valence-corrected chi connectivity index (χ1v) is 7.16. The van der Waals surface area contributed by atoms with Crippen LogP contribution in [0.25, 0.3) is 0 Å². The second kappa shape index (κ2) is 7.41. The second-order valence-electron chi connectivity index (χ2n) is 5.05. The molecule has 0 unspecified atom stereocenters. The molecule has 0 bridgehead atoms. The van der Waals surface area contributed by atoms with Gasteiger partial charge in [-0.15, -0.1) is 0 Å². The predicted molar refractivity (Wildman–Crippen MR) is 70.6 cm³/mol. The minimum atomic E-state index is 0.423. The maximum absolute atomic E-state index is 5.66. The molecule has 102 valence electrons. The van der Waals surface area contributed by atoms with Gasteiger partial charge in [-0.25, -0.2) is 0 Å². The van der Waals surface area contributed by atoms with Gasteiger partial charge in [0.1, 0.15) is 6.26 Å². The Kier molecular flexibility index (Phi) is 5.52. The summed E-state index contributed by atoms with van der Waals surface area (Å²) < 4.78 is 11.0. The zero-order valence-corrected chi connectivity index (χ0v) is 11.3. The Morgan fingerprint density at radius 3 is 2.83 bits per heavy atom. The number of rotatable bonds is 6. The lowest BCUT2D eigenvalue weighted by Gasteiger charge is -2.12. The molecule has 1 aromatic heterocycles. The van der Waals surface area contributed by atoms with Crippen LogP contribution in [0.5, 0.6) is 6.08 Å². The van der Waals surface area contributed by atoms with Gasteiger partial charge in [-0.2, -0.15) is 4.98 Å². The maximum Gasteiger partial charge on any atom is 0.393 e. The van der Waals surface area contributed by atoms with Gasteiger partial charge >= 0.3 is 6.08 Å². The van der Waals surface area contributed by atoms with Gasteiger partial charge in [-0.05, 0) is 25.3 Å². The van der Waals surface area contributed by atoms with Crippen LogP contribution >= 0.6 is 0 Å². The highest BCUT2D eigenvalue weighted by Gasteiger charge is 2.14. The van der Waals surface area contributed by atoms with Crippen LogP contribution in [0.1, 0.15) is 51.1 Å².